The standard InChI is InChI=1S/C12H14N2O2S/c1-2-6-11(13)9-10-14-17(15,16)12-7-4-3-5-8-12/h2-10,14H,1,13H2/b10-9-,11-6+. The van der Waals surface area contributed by atoms with Crippen molar-refractivity contribution in [1.29, 1.82) is 0 Å². The fourth-order valence-corrected chi connectivity index (χ4v) is 1.98. The van der Waals surface area contributed by atoms with Crippen LogP contribution >= 0.6 is 0 Å². The summed E-state index contributed by atoms with van der Waals surface area (Å²) in [6, 6.07) is 8.09. The van der Waals surface area contributed by atoms with E-state index < -0.39 is 10.0 Å². The number of sulfonamides is 1. The van der Waals surface area contributed by atoms with Gasteiger partial charge in [0, 0.05) is 11.9 Å². The molecule has 0 aliphatic carbocycles. The Hall–Kier alpha value is -2.01. The minimum Gasteiger partial charge on any atom is -0.399 e. The molecule has 0 aliphatic rings. The number of rotatable bonds is 5. The molecular weight excluding hydrogens is 236 g/mol. The topological polar surface area (TPSA) is 72.2 Å². The van der Waals surface area contributed by atoms with Crippen LogP contribution in [0.25, 0.3) is 0 Å². The summed E-state index contributed by atoms with van der Waals surface area (Å²) >= 11 is 0. The van der Waals surface area contributed by atoms with Gasteiger partial charge in [-0.2, -0.15) is 0 Å². The summed E-state index contributed by atoms with van der Waals surface area (Å²) < 4.78 is 25.8. The second-order valence-corrected chi connectivity index (χ2v) is 4.88. The number of benzene rings is 1. The average Bonchev–Trinajstić information content (AvgIpc) is 2.30. The first-order valence-corrected chi connectivity index (χ1v) is 6.37. The van der Waals surface area contributed by atoms with Crippen molar-refractivity contribution in [2.24, 2.45) is 5.73 Å². The van der Waals surface area contributed by atoms with Gasteiger partial charge < -0.3 is 5.73 Å². The number of allylic oxidation sites excluding steroid dienone is 3. The molecule has 0 aliphatic heterocycles. The van der Waals surface area contributed by atoms with Crippen LogP contribution in [0.3, 0.4) is 0 Å². The third-order valence-corrected chi connectivity index (χ3v) is 3.20. The van der Waals surface area contributed by atoms with Crippen molar-refractivity contribution in [3.63, 3.8) is 0 Å². The van der Waals surface area contributed by atoms with Crippen molar-refractivity contribution in [3.8, 4) is 0 Å². The molecule has 5 heteroatoms. The summed E-state index contributed by atoms with van der Waals surface area (Å²) in [6.45, 7) is 3.48. The van der Waals surface area contributed by atoms with Gasteiger partial charge in [0.25, 0.3) is 10.0 Å². The summed E-state index contributed by atoms with van der Waals surface area (Å²) in [5.41, 5.74) is 5.93. The van der Waals surface area contributed by atoms with Crippen molar-refractivity contribution in [2.75, 3.05) is 0 Å². The molecule has 0 aromatic heterocycles. The molecule has 1 aromatic rings. The quantitative estimate of drug-likeness (QED) is 0.778. The van der Waals surface area contributed by atoms with Crippen LogP contribution in [0.1, 0.15) is 0 Å². The summed E-state index contributed by atoms with van der Waals surface area (Å²) in [5.74, 6) is 0. The van der Waals surface area contributed by atoms with E-state index in [4.69, 9.17) is 5.73 Å². The molecular formula is C12H14N2O2S. The molecule has 90 valence electrons. The summed E-state index contributed by atoms with van der Waals surface area (Å²) in [4.78, 5) is 0.205. The van der Waals surface area contributed by atoms with E-state index in [0.717, 1.165) is 0 Å². The maximum Gasteiger partial charge on any atom is 0.261 e. The van der Waals surface area contributed by atoms with E-state index >= 15 is 0 Å². The maximum atomic E-state index is 11.7. The average molecular weight is 250 g/mol. The highest BCUT2D eigenvalue weighted by atomic mass is 32.2. The predicted octanol–water partition coefficient (Wildman–Crippen LogP) is 1.51. The molecule has 0 bridgehead atoms. The molecule has 0 fully saturated rings. The molecule has 1 aromatic carbocycles. The lowest BCUT2D eigenvalue weighted by molar-refractivity contribution is 0.590. The van der Waals surface area contributed by atoms with Crippen LogP contribution in [0, 0.1) is 0 Å². The van der Waals surface area contributed by atoms with Gasteiger partial charge in [0.2, 0.25) is 0 Å². The summed E-state index contributed by atoms with van der Waals surface area (Å²) in [5, 5.41) is 0. The van der Waals surface area contributed by atoms with Crippen LogP contribution in [0.2, 0.25) is 0 Å². The second-order valence-electron chi connectivity index (χ2n) is 3.17. The van der Waals surface area contributed by atoms with E-state index in [9.17, 15) is 8.42 Å². The lowest BCUT2D eigenvalue weighted by atomic mass is 10.4. The number of hydrogen-bond acceptors (Lipinski definition) is 3. The second kappa shape index (κ2) is 5.91. The van der Waals surface area contributed by atoms with Crippen molar-refractivity contribution in [3.05, 3.63) is 67.0 Å². The van der Waals surface area contributed by atoms with Crippen LogP contribution in [-0.4, -0.2) is 8.42 Å². The Bertz CT molecular complexity index is 531. The molecule has 0 saturated carbocycles. The van der Waals surface area contributed by atoms with Crippen LogP contribution in [0.4, 0.5) is 0 Å². The largest absolute Gasteiger partial charge is 0.399 e. The van der Waals surface area contributed by atoms with Gasteiger partial charge in [-0.25, -0.2) is 8.42 Å². The highest BCUT2D eigenvalue weighted by Gasteiger charge is 2.09. The zero-order chi connectivity index (χ0) is 12.7. The third-order valence-electron chi connectivity index (χ3n) is 1.86. The van der Waals surface area contributed by atoms with Crippen LogP contribution in [-0.2, 0) is 10.0 Å². The first-order chi connectivity index (χ1) is 8.06. The van der Waals surface area contributed by atoms with E-state index in [0.29, 0.717) is 5.70 Å². The van der Waals surface area contributed by atoms with Gasteiger partial charge in [0.1, 0.15) is 0 Å². The van der Waals surface area contributed by atoms with Gasteiger partial charge in [-0.05, 0) is 24.3 Å². The smallest absolute Gasteiger partial charge is 0.261 e. The van der Waals surface area contributed by atoms with Crippen molar-refractivity contribution in [1.82, 2.24) is 4.72 Å². The van der Waals surface area contributed by atoms with Gasteiger partial charge in [-0.1, -0.05) is 30.9 Å². The Balaban J connectivity index is 2.76. The minimum absolute atomic E-state index is 0.205. The Kier molecular flexibility index (Phi) is 4.54. The van der Waals surface area contributed by atoms with Gasteiger partial charge in [0.15, 0.2) is 0 Å². The fraction of sp³-hybridized carbons (Fsp3) is 0. The molecule has 0 atom stereocenters. The summed E-state index contributed by atoms with van der Waals surface area (Å²) in [7, 11) is -3.52. The lowest BCUT2D eigenvalue weighted by Gasteiger charge is -2.02. The molecule has 0 saturated heterocycles. The Morgan fingerprint density at radius 3 is 2.53 bits per heavy atom. The maximum absolute atomic E-state index is 11.7. The van der Waals surface area contributed by atoms with Crippen LogP contribution in [0.15, 0.2) is 71.9 Å². The molecule has 4 nitrogen and oxygen atoms in total. The zero-order valence-electron chi connectivity index (χ0n) is 9.21. The van der Waals surface area contributed by atoms with Crippen molar-refractivity contribution < 1.29 is 8.42 Å². The van der Waals surface area contributed by atoms with Crippen molar-refractivity contribution in [2.45, 2.75) is 4.90 Å². The molecule has 0 spiro atoms. The number of hydrogen-bond donors (Lipinski definition) is 2. The molecule has 0 unspecified atom stereocenters. The fourth-order valence-electron chi connectivity index (χ4n) is 1.08. The van der Waals surface area contributed by atoms with E-state index in [2.05, 4.69) is 11.3 Å². The van der Waals surface area contributed by atoms with Crippen LogP contribution < -0.4 is 10.5 Å². The molecule has 3 N–H and O–H groups in total. The Labute approximate surface area is 101 Å². The van der Waals surface area contributed by atoms with Gasteiger partial charge in [0.05, 0.1) is 4.90 Å². The van der Waals surface area contributed by atoms with Crippen LogP contribution in [0.5, 0.6) is 0 Å². The predicted molar refractivity (Wildman–Crippen MR) is 68.4 cm³/mol. The number of nitrogens with one attached hydrogen (secondary N) is 1. The normalized spacial score (nSPS) is 12.6. The highest BCUT2D eigenvalue weighted by molar-refractivity contribution is 7.89. The third kappa shape index (κ3) is 4.16. The van der Waals surface area contributed by atoms with Crippen molar-refractivity contribution >= 4 is 10.0 Å². The summed E-state index contributed by atoms with van der Waals surface area (Å²) in [6.07, 6.45) is 5.80. The Morgan fingerprint density at radius 1 is 1.29 bits per heavy atom. The molecule has 0 heterocycles. The molecule has 0 amide bonds. The van der Waals surface area contributed by atoms with E-state index in [1.807, 2.05) is 0 Å². The number of nitrogens with two attached hydrogens (primary N) is 1. The van der Waals surface area contributed by atoms with E-state index in [-0.39, 0.29) is 4.90 Å². The molecule has 1 rings (SSSR count). The highest BCUT2D eigenvalue weighted by Crippen LogP contribution is 2.06. The Morgan fingerprint density at radius 2 is 1.94 bits per heavy atom. The minimum atomic E-state index is -3.52. The zero-order valence-corrected chi connectivity index (χ0v) is 10.0. The molecule has 17 heavy (non-hydrogen) atoms. The molecule has 0 radical (unpaired) electrons. The SMILES string of the molecule is C=C/C=C(N)\C=C/NS(=O)(=O)c1ccccc1. The first-order valence-electron chi connectivity index (χ1n) is 4.88. The van der Waals surface area contributed by atoms with Gasteiger partial charge in [-0.15, -0.1) is 0 Å². The van der Waals surface area contributed by atoms with Gasteiger partial charge >= 0.3 is 0 Å². The van der Waals surface area contributed by atoms with Gasteiger partial charge in [-0.3, -0.25) is 4.72 Å². The monoisotopic (exact) mass is 250 g/mol. The van der Waals surface area contributed by atoms with E-state index in [1.165, 1.54) is 30.5 Å². The first kappa shape index (κ1) is 13.1. The van der Waals surface area contributed by atoms with E-state index in [1.54, 1.807) is 24.3 Å². The lowest BCUT2D eigenvalue weighted by Crippen LogP contribution is -2.17.